The van der Waals surface area contributed by atoms with Crippen molar-refractivity contribution in [1.29, 1.82) is 0 Å². The molecule has 1 atom stereocenters. The third kappa shape index (κ3) is 4.20. The van der Waals surface area contributed by atoms with E-state index in [0.717, 1.165) is 26.4 Å². The van der Waals surface area contributed by atoms with Crippen molar-refractivity contribution in [1.82, 2.24) is 4.57 Å². The number of fused-ring (bicyclic) bond motifs is 2. The van der Waals surface area contributed by atoms with E-state index in [1.165, 1.54) is 11.3 Å². The molecule has 0 spiro atoms. The summed E-state index contributed by atoms with van der Waals surface area (Å²) in [6.45, 7) is 3.75. The van der Waals surface area contributed by atoms with Gasteiger partial charge in [0, 0.05) is 10.0 Å². The number of allylic oxidation sites excluding steroid dienone is 1. The van der Waals surface area contributed by atoms with Gasteiger partial charge in [0.25, 0.3) is 5.56 Å². The first-order valence-electron chi connectivity index (χ1n) is 11.4. The standard InChI is InChI=1S/C28H23BrN2O4S/c1-4-35-27(33)23-16(2)30-28-31(26(32)22(36-28)15-17-8-7-10-19(29)14-17)25(23)24-20-11-6-5-9-18(20)12-13-21(24)34-3/h5-15,25H,4H2,1-3H3/b22-15+/t25-/m0/s1. The van der Waals surface area contributed by atoms with E-state index in [1.54, 1.807) is 25.5 Å². The molecule has 0 radical (unpaired) electrons. The molecule has 1 aromatic heterocycles. The molecule has 3 aromatic carbocycles. The van der Waals surface area contributed by atoms with Gasteiger partial charge in [-0.05, 0) is 54.5 Å². The van der Waals surface area contributed by atoms with Crippen LogP contribution in [-0.4, -0.2) is 24.3 Å². The highest BCUT2D eigenvalue weighted by Gasteiger charge is 2.36. The second-order valence-electron chi connectivity index (χ2n) is 8.26. The molecule has 8 heteroatoms. The maximum absolute atomic E-state index is 13.9. The Morgan fingerprint density at radius 1 is 1.17 bits per heavy atom. The maximum Gasteiger partial charge on any atom is 0.338 e. The molecule has 0 saturated carbocycles. The first kappa shape index (κ1) is 24.2. The Balaban J connectivity index is 1.86. The van der Waals surface area contributed by atoms with Crippen molar-refractivity contribution in [2.45, 2.75) is 19.9 Å². The van der Waals surface area contributed by atoms with Gasteiger partial charge in [-0.15, -0.1) is 0 Å². The number of hydrogen-bond donors (Lipinski definition) is 0. The summed E-state index contributed by atoms with van der Waals surface area (Å²) < 4.78 is 14.2. The Kier molecular flexibility index (Phi) is 6.64. The van der Waals surface area contributed by atoms with E-state index in [0.29, 0.717) is 26.4 Å². The summed E-state index contributed by atoms with van der Waals surface area (Å²) in [6, 6.07) is 18.7. The van der Waals surface area contributed by atoms with Gasteiger partial charge in [0.2, 0.25) is 0 Å². The molecule has 0 amide bonds. The molecule has 0 saturated heterocycles. The normalized spacial score (nSPS) is 15.6. The zero-order valence-electron chi connectivity index (χ0n) is 19.9. The zero-order valence-corrected chi connectivity index (χ0v) is 22.4. The highest BCUT2D eigenvalue weighted by molar-refractivity contribution is 9.10. The number of benzene rings is 3. The summed E-state index contributed by atoms with van der Waals surface area (Å²) in [5.74, 6) is 0.0803. The molecule has 0 aliphatic carbocycles. The van der Waals surface area contributed by atoms with Gasteiger partial charge in [-0.1, -0.05) is 69.7 Å². The monoisotopic (exact) mass is 562 g/mol. The van der Waals surface area contributed by atoms with Crippen molar-refractivity contribution in [3.8, 4) is 5.75 Å². The number of aromatic nitrogens is 1. The third-order valence-electron chi connectivity index (χ3n) is 6.09. The summed E-state index contributed by atoms with van der Waals surface area (Å²) in [7, 11) is 1.59. The molecule has 1 aliphatic rings. The maximum atomic E-state index is 13.9. The van der Waals surface area contributed by atoms with Crippen LogP contribution in [0.5, 0.6) is 5.75 Å². The first-order chi connectivity index (χ1) is 17.4. The Morgan fingerprint density at radius 2 is 1.97 bits per heavy atom. The smallest absolute Gasteiger partial charge is 0.338 e. The molecule has 182 valence electrons. The number of hydrogen-bond acceptors (Lipinski definition) is 6. The number of esters is 1. The molecule has 0 unspecified atom stereocenters. The number of nitrogens with zero attached hydrogens (tertiary/aromatic N) is 2. The Morgan fingerprint density at radius 3 is 2.72 bits per heavy atom. The number of methoxy groups -OCH3 is 1. The van der Waals surface area contributed by atoms with Gasteiger partial charge < -0.3 is 9.47 Å². The summed E-state index contributed by atoms with van der Waals surface area (Å²) in [5.41, 5.74) is 2.22. The minimum atomic E-state index is -0.758. The van der Waals surface area contributed by atoms with Crippen LogP contribution in [0, 0.1) is 0 Å². The fraction of sp³-hybridized carbons (Fsp3) is 0.179. The lowest BCUT2D eigenvalue weighted by Crippen LogP contribution is -2.40. The minimum Gasteiger partial charge on any atom is -0.496 e. The van der Waals surface area contributed by atoms with E-state index in [2.05, 4.69) is 20.9 Å². The Hall–Kier alpha value is -3.49. The van der Waals surface area contributed by atoms with Crippen LogP contribution in [0.4, 0.5) is 0 Å². The lowest BCUT2D eigenvalue weighted by molar-refractivity contribution is -0.139. The fourth-order valence-electron chi connectivity index (χ4n) is 4.55. The van der Waals surface area contributed by atoms with Crippen LogP contribution in [0.3, 0.4) is 0 Å². The second kappa shape index (κ2) is 9.87. The molecular formula is C28H23BrN2O4S. The van der Waals surface area contributed by atoms with Crippen molar-refractivity contribution >= 4 is 50.1 Å². The molecule has 2 heterocycles. The van der Waals surface area contributed by atoms with E-state index >= 15 is 0 Å². The van der Waals surface area contributed by atoms with E-state index in [1.807, 2.05) is 66.7 Å². The van der Waals surface area contributed by atoms with Crippen LogP contribution in [-0.2, 0) is 9.53 Å². The third-order valence-corrected chi connectivity index (χ3v) is 7.56. The van der Waals surface area contributed by atoms with Crippen LogP contribution in [0.2, 0.25) is 0 Å². The van der Waals surface area contributed by atoms with Gasteiger partial charge in [0.15, 0.2) is 4.80 Å². The van der Waals surface area contributed by atoms with Gasteiger partial charge in [0.1, 0.15) is 11.8 Å². The molecule has 4 aromatic rings. The van der Waals surface area contributed by atoms with Crippen LogP contribution in [0.25, 0.3) is 16.8 Å². The highest BCUT2D eigenvalue weighted by atomic mass is 79.9. The van der Waals surface area contributed by atoms with Gasteiger partial charge >= 0.3 is 5.97 Å². The average Bonchev–Trinajstić information content (AvgIpc) is 3.16. The van der Waals surface area contributed by atoms with Crippen molar-refractivity contribution < 1.29 is 14.3 Å². The van der Waals surface area contributed by atoms with Crippen LogP contribution in [0.1, 0.15) is 31.0 Å². The molecule has 0 fully saturated rings. The molecule has 5 rings (SSSR count). The van der Waals surface area contributed by atoms with Gasteiger partial charge in [0.05, 0.1) is 29.5 Å². The molecule has 1 aliphatic heterocycles. The summed E-state index contributed by atoms with van der Waals surface area (Å²) in [5, 5.41) is 1.86. The van der Waals surface area contributed by atoms with Gasteiger partial charge in [-0.2, -0.15) is 0 Å². The number of thiazole rings is 1. The topological polar surface area (TPSA) is 69.9 Å². The number of rotatable bonds is 5. The van der Waals surface area contributed by atoms with Crippen molar-refractivity contribution in [2.24, 2.45) is 4.99 Å². The average molecular weight is 563 g/mol. The van der Waals surface area contributed by atoms with Crippen LogP contribution in [0.15, 0.2) is 86.2 Å². The van der Waals surface area contributed by atoms with E-state index in [-0.39, 0.29) is 12.2 Å². The number of carbonyl (C=O) groups is 1. The van der Waals surface area contributed by atoms with Crippen molar-refractivity contribution in [3.63, 3.8) is 0 Å². The lowest BCUT2D eigenvalue weighted by atomic mass is 9.90. The van der Waals surface area contributed by atoms with Crippen molar-refractivity contribution in [2.75, 3.05) is 13.7 Å². The Labute approximate surface area is 220 Å². The molecule has 6 nitrogen and oxygen atoms in total. The number of halogens is 1. The first-order valence-corrected chi connectivity index (χ1v) is 13.0. The molecular weight excluding hydrogens is 540 g/mol. The Bertz CT molecular complexity index is 1720. The van der Waals surface area contributed by atoms with E-state index in [4.69, 9.17) is 9.47 Å². The minimum absolute atomic E-state index is 0.211. The van der Waals surface area contributed by atoms with Gasteiger partial charge in [-0.3, -0.25) is 9.36 Å². The van der Waals surface area contributed by atoms with Crippen molar-refractivity contribution in [3.05, 3.63) is 107 Å². The largest absolute Gasteiger partial charge is 0.496 e. The molecule has 0 N–H and O–H groups in total. The van der Waals surface area contributed by atoms with Crippen LogP contribution >= 0.6 is 27.3 Å². The summed E-state index contributed by atoms with van der Waals surface area (Å²) >= 11 is 4.78. The van der Waals surface area contributed by atoms with E-state index in [9.17, 15) is 9.59 Å². The lowest BCUT2D eigenvalue weighted by Gasteiger charge is -2.27. The summed E-state index contributed by atoms with van der Waals surface area (Å²) in [6.07, 6.45) is 1.84. The number of ether oxygens (including phenoxy) is 2. The SMILES string of the molecule is CCOC(=O)C1=C(C)N=c2s/c(=C/c3cccc(Br)c3)c(=O)n2[C@@H]1c1c(OC)ccc2ccccc12. The predicted octanol–water partition coefficient (Wildman–Crippen LogP) is 4.72. The molecule has 0 bridgehead atoms. The number of carbonyl (C=O) groups excluding carboxylic acids is 1. The fourth-order valence-corrected chi connectivity index (χ4v) is 6.01. The highest BCUT2D eigenvalue weighted by Crippen LogP contribution is 2.40. The quantitative estimate of drug-likeness (QED) is 0.330. The van der Waals surface area contributed by atoms with Crippen LogP contribution < -0.4 is 19.6 Å². The molecule has 36 heavy (non-hydrogen) atoms. The predicted molar refractivity (Wildman–Crippen MR) is 145 cm³/mol. The van der Waals surface area contributed by atoms with Gasteiger partial charge in [-0.25, -0.2) is 9.79 Å². The van der Waals surface area contributed by atoms with E-state index < -0.39 is 12.0 Å². The zero-order chi connectivity index (χ0) is 25.4. The second-order valence-corrected chi connectivity index (χ2v) is 10.2. The summed E-state index contributed by atoms with van der Waals surface area (Å²) in [4.78, 5) is 32.4.